The number of phenolic OH excluding ortho intramolecular Hbond substituents is 1. The third-order valence-corrected chi connectivity index (χ3v) is 13.3. The van der Waals surface area contributed by atoms with Crippen LogP contribution in [-0.2, 0) is 22.6 Å². The number of carbonyl (C=O) groups is 2. The molecule has 65 heavy (non-hydrogen) atoms. The molecule has 4 aromatic rings. The average Bonchev–Trinajstić information content (AvgIpc) is 3.82. The molecule has 8 rings (SSSR count). The lowest BCUT2D eigenvalue weighted by Gasteiger charge is -2.45. The molecule has 1 N–H and O–H groups in total. The molecule has 0 radical (unpaired) electrons. The third-order valence-electron chi connectivity index (χ3n) is 12.8. The topological polar surface area (TPSA) is 121 Å². The van der Waals surface area contributed by atoms with Crippen LogP contribution in [0.1, 0.15) is 115 Å². The van der Waals surface area contributed by atoms with Crippen LogP contribution in [0.2, 0.25) is 0 Å². The van der Waals surface area contributed by atoms with E-state index in [0.29, 0.717) is 5.75 Å². The van der Waals surface area contributed by atoms with Gasteiger partial charge in [0.1, 0.15) is 28.5 Å². The van der Waals surface area contributed by atoms with E-state index in [0.717, 1.165) is 105 Å². The van der Waals surface area contributed by atoms with E-state index in [1.54, 1.807) is 24.8 Å². The molecule has 12 nitrogen and oxygen atoms in total. The zero-order chi connectivity index (χ0) is 46.8. The van der Waals surface area contributed by atoms with E-state index in [1.807, 2.05) is 94.7 Å². The van der Waals surface area contributed by atoms with Gasteiger partial charge in [-0.15, -0.1) is 0 Å². The molecule has 2 aromatic carbocycles. The maximum atomic E-state index is 12.5. The molecule has 0 bridgehead atoms. The van der Waals surface area contributed by atoms with Crippen molar-refractivity contribution in [2.45, 2.75) is 142 Å². The highest BCUT2D eigenvalue weighted by atomic mass is 79.9. The molecule has 0 atom stereocenters. The number of aryl methyl sites for hydroxylation is 2. The van der Waals surface area contributed by atoms with Crippen LogP contribution >= 0.6 is 15.9 Å². The smallest absolute Gasteiger partial charge is 0.410 e. The molecule has 2 spiro atoms. The number of phenols is 1. The largest absolute Gasteiger partial charge is 0.508 e. The van der Waals surface area contributed by atoms with Crippen molar-refractivity contribution in [2.75, 3.05) is 39.3 Å². The van der Waals surface area contributed by atoms with Crippen molar-refractivity contribution in [3.8, 4) is 17.2 Å². The van der Waals surface area contributed by atoms with E-state index < -0.39 is 11.2 Å². The minimum Gasteiger partial charge on any atom is -0.508 e. The number of pyridine rings is 2. The van der Waals surface area contributed by atoms with Gasteiger partial charge in [0.05, 0.1) is 6.20 Å². The number of hydrogen-bond donors (Lipinski definition) is 1. The van der Waals surface area contributed by atoms with Gasteiger partial charge in [0.25, 0.3) is 0 Å². The zero-order valence-electron chi connectivity index (χ0n) is 39.9. The SMILES string of the molecule is Brc1cccnc1.Cc1ccc(CN2CCCC23CCN(C(=O)OC(C)(C)C)CC3)c(O)c1.Cc1ccc(CN2CCCC23CCN(C(=O)OC(C)(C)C)CC3)c(Oc2cccnc2)c1. The highest BCUT2D eigenvalue weighted by Gasteiger charge is 2.46. The molecular formula is C52H71BrN6O6. The normalized spacial score (nSPS) is 18.4. The molecule has 4 aliphatic rings. The summed E-state index contributed by atoms with van der Waals surface area (Å²) >= 11 is 3.25. The number of ether oxygens (including phenoxy) is 3. The van der Waals surface area contributed by atoms with Crippen molar-refractivity contribution >= 4 is 28.1 Å². The summed E-state index contributed by atoms with van der Waals surface area (Å²) < 4.78 is 18.3. The van der Waals surface area contributed by atoms with E-state index in [1.165, 1.54) is 36.8 Å². The number of rotatable bonds is 6. The summed E-state index contributed by atoms with van der Waals surface area (Å²) in [6.07, 6.45) is 15.2. The second-order valence-electron chi connectivity index (χ2n) is 20.1. The number of likely N-dealkylation sites (tertiary alicyclic amines) is 4. The number of aromatic hydroxyl groups is 1. The summed E-state index contributed by atoms with van der Waals surface area (Å²) in [4.78, 5) is 41.7. The van der Waals surface area contributed by atoms with Crippen LogP contribution in [0.4, 0.5) is 9.59 Å². The number of benzene rings is 2. The minimum atomic E-state index is -0.457. The number of aromatic nitrogens is 2. The molecule has 352 valence electrons. The second-order valence-corrected chi connectivity index (χ2v) is 21.1. The summed E-state index contributed by atoms with van der Waals surface area (Å²) in [6.45, 7) is 22.3. The van der Waals surface area contributed by atoms with E-state index in [4.69, 9.17) is 14.2 Å². The first kappa shape index (κ1) is 49.7. The summed E-state index contributed by atoms with van der Waals surface area (Å²) in [7, 11) is 0. The molecule has 0 unspecified atom stereocenters. The van der Waals surface area contributed by atoms with Gasteiger partial charge < -0.3 is 29.1 Å². The summed E-state index contributed by atoms with van der Waals surface area (Å²) in [5.41, 5.74) is 3.82. The van der Waals surface area contributed by atoms with Crippen LogP contribution in [0, 0.1) is 13.8 Å². The highest BCUT2D eigenvalue weighted by Crippen LogP contribution is 2.42. The number of halogens is 1. The number of amides is 2. The fraction of sp³-hybridized carbons (Fsp3) is 0.538. The number of hydrogen-bond acceptors (Lipinski definition) is 10. The van der Waals surface area contributed by atoms with E-state index in [9.17, 15) is 14.7 Å². The second kappa shape index (κ2) is 21.7. The maximum Gasteiger partial charge on any atom is 0.410 e. The van der Waals surface area contributed by atoms with Crippen LogP contribution in [0.15, 0.2) is 89.9 Å². The average molecular weight is 956 g/mol. The van der Waals surface area contributed by atoms with Crippen molar-refractivity contribution < 1.29 is 28.9 Å². The molecule has 0 saturated carbocycles. The monoisotopic (exact) mass is 954 g/mol. The van der Waals surface area contributed by atoms with Crippen molar-refractivity contribution in [1.82, 2.24) is 29.6 Å². The molecule has 4 fully saturated rings. The summed E-state index contributed by atoms with van der Waals surface area (Å²) in [6, 6.07) is 20.0. The van der Waals surface area contributed by atoms with E-state index >= 15 is 0 Å². The summed E-state index contributed by atoms with van der Waals surface area (Å²) in [5, 5.41) is 10.3. The first-order valence-corrected chi connectivity index (χ1v) is 24.1. The molecule has 2 aromatic heterocycles. The molecule has 4 aliphatic heterocycles. The Morgan fingerprint density at radius 3 is 1.55 bits per heavy atom. The Balaban J connectivity index is 0.000000190. The molecule has 13 heteroatoms. The van der Waals surface area contributed by atoms with Crippen LogP contribution in [-0.4, -0.2) is 108 Å². The van der Waals surface area contributed by atoms with Gasteiger partial charge in [0, 0.05) is 84.5 Å². The number of piperidine rings is 2. The number of nitrogens with zero attached hydrogens (tertiary/aromatic N) is 6. The Hall–Kier alpha value is -4.72. The highest BCUT2D eigenvalue weighted by molar-refractivity contribution is 9.10. The lowest BCUT2D eigenvalue weighted by molar-refractivity contribution is 0.000640. The third kappa shape index (κ3) is 14.1. The van der Waals surface area contributed by atoms with Crippen molar-refractivity contribution in [3.05, 3.63) is 112 Å². The quantitative estimate of drug-likeness (QED) is 0.200. The van der Waals surface area contributed by atoms with Gasteiger partial charge in [-0.1, -0.05) is 24.3 Å². The Morgan fingerprint density at radius 1 is 0.646 bits per heavy atom. The standard InChI is InChI=1S/C26H35N3O3.C21H32N2O3.C5H4BrN/c1-20-8-9-21(23(17-20)31-22-7-5-13-27-18-22)19-29-14-6-10-26(29)11-15-28(16-12-26)24(30)32-25(2,3)4;1-16-6-7-17(18(24)14-16)15-23-11-5-8-21(23)9-12-22(13-10-21)19(25)26-20(2,3)4;6-5-2-1-3-7-4-5/h5,7-9,13,17-18H,6,10-12,14-16,19H2,1-4H3;6-7,14,24H,5,8-13,15H2,1-4H3;1-4H. The van der Waals surface area contributed by atoms with Crippen LogP contribution in [0.25, 0.3) is 0 Å². The van der Waals surface area contributed by atoms with Gasteiger partial charge in [-0.2, -0.15) is 0 Å². The van der Waals surface area contributed by atoms with Crippen LogP contribution in [0.3, 0.4) is 0 Å². The van der Waals surface area contributed by atoms with Gasteiger partial charge >= 0.3 is 12.2 Å². The molecule has 0 aliphatic carbocycles. The molecular weight excluding hydrogens is 885 g/mol. The predicted molar refractivity (Wildman–Crippen MR) is 259 cm³/mol. The van der Waals surface area contributed by atoms with Crippen molar-refractivity contribution in [1.29, 1.82) is 0 Å². The molecule has 2 amide bonds. The Labute approximate surface area is 395 Å². The Bertz CT molecular complexity index is 2160. The van der Waals surface area contributed by atoms with Crippen molar-refractivity contribution in [3.63, 3.8) is 0 Å². The van der Waals surface area contributed by atoms with Crippen molar-refractivity contribution in [2.24, 2.45) is 0 Å². The van der Waals surface area contributed by atoms with Gasteiger partial charge in [0.2, 0.25) is 0 Å². The lowest BCUT2D eigenvalue weighted by Crippen LogP contribution is -2.53. The Kier molecular flexibility index (Phi) is 16.6. The summed E-state index contributed by atoms with van der Waals surface area (Å²) in [5.74, 6) is 2.03. The van der Waals surface area contributed by atoms with Gasteiger partial charge in [-0.3, -0.25) is 19.8 Å². The van der Waals surface area contributed by atoms with Crippen LogP contribution in [0.5, 0.6) is 17.2 Å². The van der Waals surface area contributed by atoms with Gasteiger partial charge in [-0.25, -0.2) is 9.59 Å². The predicted octanol–water partition coefficient (Wildman–Crippen LogP) is 11.5. The minimum absolute atomic E-state index is 0.148. The van der Waals surface area contributed by atoms with Gasteiger partial charge in [0.15, 0.2) is 0 Å². The zero-order valence-corrected chi connectivity index (χ0v) is 41.5. The Morgan fingerprint density at radius 2 is 1.12 bits per heavy atom. The number of carbonyl (C=O) groups excluding carboxylic acids is 2. The van der Waals surface area contributed by atoms with E-state index in [-0.39, 0.29) is 23.3 Å². The first-order chi connectivity index (χ1) is 30.8. The van der Waals surface area contributed by atoms with E-state index in [2.05, 4.69) is 66.9 Å². The van der Waals surface area contributed by atoms with Gasteiger partial charge in [-0.05, 0) is 183 Å². The van der Waals surface area contributed by atoms with Crippen LogP contribution < -0.4 is 4.74 Å². The fourth-order valence-corrected chi connectivity index (χ4v) is 9.73. The maximum absolute atomic E-state index is 12.5. The molecule has 6 heterocycles. The fourth-order valence-electron chi connectivity index (χ4n) is 9.46. The first-order valence-electron chi connectivity index (χ1n) is 23.3. The molecule has 4 saturated heterocycles. The lowest BCUT2D eigenvalue weighted by atomic mass is 9.85.